The van der Waals surface area contributed by atoms with Crippen LogP contribution < -0.4 is 15.4 Å². The van der Waals surface area contributed by atoms with E-state index in [0.29, 0.717) is 28.3 Å². The standard InChI is InChI=1S/C22H26ClN5O2S/c1-5-24-21(29)25-15(3)20-26-27-22(28(20)19-12-17(23)10-9-14(19)2)31-13-16-7-6-8-18(11-16)30-4/h6-12,15H,5,13H2,1-4H3,(H2,24,25,29). The number of halogens is 1. The van der Waals surface area contributed by atoms with E-state index in [-0.39, 0.29) is 12.1 Å². The fourth-order valence-corrected chi connectivity index (χ4v) is 4.15. The highest BCUT2D eigenvalue weighted by Crippen LogP contribution is 2.30. The predicted octanol–water partition coefficient (Wildman–Crippen LogP) is 4.91. The lowest BCUT2D eigenvalue weighted by Crippen LogP contribution is -2.37. The van der Waals surface area contributed by atoms with Gasteiger partial charge in [0.1, 0.15) is 5.75 Å². The minimum Gasteiger partial charge on any atom is -0.497 e. The van der Waals surface area contributed by atoms with Gasteiger partial charge >= 0.3 is 6.03 Å². The maximum atomic E-state index is 12.1. The van der Waals surface area contributed by atoms with Crippen LogP contribution >= 0.6 is 23.4 Å². The van der Waals surface area contributed by atoms with Crippen molar-refractivity contribution in [2.75, 3.05) is 13.7 Å². The van der Waals surface area contributed by atoms with E-state index in [4.69, 9.17) is 16.3 Å². The summed E-state index contributed by atoms with van der Waals surface area (Å²) in [5.41, 5.74) is 3.01. The number of aryl methyl sites for hydroxylation is 1. The molecule has 1 atom stereocenters. The number of urea groups is 1. The molecule has 1 heterocycles. The van der Waals surface area contributed by atoms with Crippen LogP contribution in [-0.4, -0.2) is 34.5 Å². The Hall–Kier alpha value is -2.71. The summed E-state index contributed by atoms with van der Waals surface area (Å²) < 4.78 is 7.28. The number of nitrogens with one attached hydrogen (secondary N) is 2. The maximum Gasteiger partial charge on any atom is 0.315 e. The highest BCUT2D eigenvalue weighted by Gasteiger charge is 2.22. The number of rotatable bonds is 8. The van der Waals surface area contributed by atoms with Crippen LogP contribution in [0.25, 0.3) is 5.69 Å². The first-order valence-electron chi connectivity index (χ1n) is 9.94. The third kappa shape index (κ3) is 5.71. The molecule has 164 valence electrons. The number of hydrogen-bond donors (Lipinski definition) is 2. The van der Waals surface area contributed by atoms with Gasteiger partial charge in [-0.05, 0) is 56.2 Å². The second-order valence-corrected chi connectivity index (χ2v) is 8.35. The molecule has 1 aromatic heterocycles. The minimum absolute atomic E-state index is 0.252. The topological polar surface area (TPSA) is 81.1 Å². The van der Waals surface area contributed by atoms with Crippen molar-refractivity contribution in [2.45, 2.75) is 37.7 Å². The van der Waals surface area contributed by atoms with Crippen molar-refractivity contribution in [3.05, 3.63) is 64.4 Å². The number of thioether (sulfide) groups is 1. The van der Waals surface area contributed by atoms with Gasteiger partial charge in [0, 0.05) is 17.3 Å². The van der Waals surface area contributed by atoms with Crippen LogP contribution in [0.4, 0.5) is 4.79 Å². The Morgan fingerprint density at radius 1 is 1.26 bits per heavy atom. The Balaban J connectivity index is 1.96. The van der Waals surface area contributed by atoms with E-state index < -0.39 is 0 Å². The van der Waals surface area contributed by atoms with Crippen molar-refractivity contribution >= 4 is 29.4 Å². The fourth-order valence-electron chi connectivity index (χ4n) is 3.09. The molecule has 0 aliphatic heterocycles. The first-order chi connectivity index (χ1) is 14.9. The fraction of sp³-hybridized carbons (Fsp3) is 0.318. The molecule has 0 aliphatic carbocycles. The first-order valence-corrected chi connectivity index (χ1v) is 11.3. The van der Waals surface area contributed by atoms with Gasteiger partial charge in [0.05, 0.1) is 18.8 Å². The number of hydrogen-bond acceptors (Lipinski definition) is 5. The lowest BCUT2D eigenvalue weighted by molar-refractivity contribution is 0.238. The Morgan fingerprint density at radius 2 is 2.06 bits per heavy atom. The largest absolute Gasteiger partial charge is 0.497 e. The maximum absolute atomic E-state index is 12.1. The number of carbonyl (C=O) groups is 1. The van der Waals surface area contributed by atoms with Crippen molar-refractivity contribution in [1.29, 1.82) is 0 Å². The number of ether oxygens (including phenoxy) is 1. The molecule has 2 aromatic carbocycles. The summed E-state index contributed by atoms with van der Waals surface area (Å²) in [5.74, 6) is 2.13. The van der Waals surface area contributed by atoms with Crippen molar-refractivity contribution < 1.29 is 9.53 Å². The van der Waals surface area contributed by atoms with Gasteiger partial charge in [0.2, 0.25) is 0 Å². The Kier molecular flexibility index (Phi) is 7.81. The molecule has 0 aliphatic rings. The average Bonchev–Trinajstić information content (AvgIpc) is 3.18. The molecular formula is C22H26ClN5O2S. The summed E-state index contributed by atoms with van der Waals surface area (Å²) in [7, 11) is 1.65. The second-order valence-electron chi connectivity index (χ2n) is 6.97. The van der Waals surface area contributed by atoms with Gasteiger partial charge in [-0.25, -0.2) is 4.79 Å². The third-order valence-corrected chi connectivity index (χ3v) is 5.88. The predicted molar refractivity (Wildman–Crippen MR) is 124 cm³/mol. The van der Waals surface area contributed by atoms with Crippen LogP contribution in [0.3, 0.4) is 0 Å². The number of amides is 2. The molecule has 7 nitrogen and oxygen atoms in total. The third-order valence-electron chi connectivity index (χ3n) is 4.64. The van der Waals surface area contributed by atoms with E-state index in [1.807, 2.05) is 67.8 Å². The van der Waals surface area contributed by atoms with Gasteiger partial charge < -0.3 is 15.4 Å². The van der Waals surface area contributed by atoms with Crippen LogP contribution in [0.15, 0.2) is 47.6 Å². The number of nitrogens with zero attached hydrogens (tertiary/aromatic N) is 3. The molecule has 3 rings (SSSR count). The van der Waals surface area contributed by atoms with Crippen LogP contribution in [-0.2, 0) is 5.75 Å². The van der Waals surface area contributed by atoms with Crippen LogP contribution in [0, 0.1) is 6.92 Å². The van der Waals surface area contributed by atoms with Gasteiger partial charge in [-0.15, -0.1) is 10.2 Å². The molecule has 2 amide bonds. The molecule has 31 heavy (non-hydrogen) atoms. The van der Waals surface area contributed by atoms with Crippen LogP contribution in [0.5, 0.6) is 5.75 Å². The van der Waals surface area contributed by atoms with Gasteiger partial charge in [-0.1, -0.05) is 41.6 Å². The van der Waals surface area contributed by atoms with E-state index in [1.165, 1.54) is 0 Å². The normalized spacial score (nSPS) is 11.8. The lowest BCUT2D eigenvalue weighted by atomic mass is 10.2. The molecule has 0 radical (unpaired) electrons. The Bertz CT molecular complexity index is 1060. The molecule has 9 heteroatoms. The quantitative estimate of drug-likeness (QED) is 0.468. The zero-order chi connectivity index (χ0) is 22.4. The zero-order valence-electron chi connectivity index (χ0n) is 18.0. The summed E-state index contributed by atoms with van der Waals surface area (Å²) in [5, 5.41) is 15.8. The number of benzene rings is 2. The monoisotopic (exact) mass is 459 g/mol. The van der Waals surface area contributed by atoms with Crippen LogP contribution in [0.2, 0.25) is 5.02 Å². The van der Waals surface area contributed by atoms with Gasteiger partial charge in [0.15, 0.2) is 11.0 Å². The SMILES string of the molecule is CCNC(=O)NC(C)c1nnc(SCc2cccc(OC)c2)n1-c1cc(Cl)ccc1C. The highest BCUT2D eigenvalue weighted by molar-refractivity contribution is 7.98. The summed E-state index contributed by atoms with van der Waals surface area (Å²) in [6.45, 7) is 6.30. The molecule has 0 bridgehead atoms. The lowest BCUT2D eigenvalue weighted by Gasteiger charge is -2.18. The van der Waals surface area contributed by atoms with E-state index in [1.54, 1.807) is 18.9 Å². The Morgan fingerprint density at radius 3 is 2.81 bits per heavy atom. The Labute approximate surface area is 191 Å². The summed E-state index contributed by atoms with van der Waals surface area (Å²) in [4.78, 5) is 12.1. The molecule has 0 saturated heterocycles. The van der Waals surface area contributed by atoms with Gasteiger partial charge in [-0.2, -0.15) is 0 Å². The molecule has 0 fully saturated rings. The number of carbonyl (C=O) groups excluding carboxylic acids is 1. The summed E-state index contributed by atoms with van der Waals surface area (Å²) in [6, 6.07) is 13.0. The van der Waals surface area contributed by atoms with Crippen molar-refractivity contribution in [3.8, 4) is 11.4 Å². The van der Waals surface area contributed by atoms with Crippen molar-refractivity contribution in [3.63, 3.8) is 0 Å². The minimum atomic E-state index is -0.358. The zero-order valence-corrected chi connectivity index (χ0v) is 19.5. The van der Waals surface area contributed by atoms with E-state index >= 15 is 0 Å². The molecule has 3 aromatic rings. The molecule has 0 spiro atoms. The first kappa shape index (κ1) is 23.0. The second kappa shape index (κ2) is 10.5. The van der Waals surface area contributed by atoms with Crippen molar-refractivity contribution in [2.24, 2.45) is 0 Å². The van der Waals surface area contributed by atoms with E-state index in [9.17, 15) is 4.79 Å². The van der Waals surface area contributed by atoms with Crippen molar-refractivity contribution in [1.82, 2.24) is 25.4 Å². The molecule has 1 unspecified atom stereocenters. The van der Waals surface area contributed by atoms with E-state index in [2.05, 4.69) is 20.8 Å². The number of aromatic nitrogens is 3. The van der Waals surface area contributed by atoms with Gasteiger partial charge in [-0.3, -0.25) is 4.57 Å². The smallest absolute Gasteiger partial charge is 0.315 e. The average molecular weight is 460 g/mol. The molecule has 0 saturated carbocycles. The van der Waals surface area contributed by atoms with Crippen LogP contribution in [0.1, 0.15) is 36.8 Å². The number of methoxy groups -OCH3 is 1. The molecule has 2 N–H and O–H groups in total. The van der Waals surface area contributed by atoms with E-state index in [0.717, 1.165) is 22.6 Å². The summed E-state index contributed by atoms with van der Waals surface area (Å²) in [6.07, 6.45) is 0. The molecular weight excluding hydrogens is 434 g/mol. The van der Waals surface area contributed by atoms with Gasteiger partial charge in [0.25, 0.3) is 0 Å². The highest BCUT2D eigenvalue weighted by atomic mass is 35.5. The summed E-state index contributed by atoms with van der Waals surface area (Å²) >= 11 is 7.85.